The Labute approximate surface area is 133 Å². The summed E-state index contributed by atoms with van der Waals surface area (Å²) < 4.78 is 1.23. The summed E-state index contributed by atoms with van der Waals surface area (Å²) in [5.74, 6) is 0. The lowest BCUT2D eigenvalue weighted by atomic mass is 10.1. The van der Waals surface area contributed by atoms with Crippen LogP contribution in [0, 0.1) is 0 Å². The average Bonchev–Trinajstić information content (AvgIpc) is 2.46. The van der Waals surface area contributed by atoms with Crippen LogP contribution in [-0.4, -0.2) is 22.9 Å². The molecule has 6 heteroatoms. The van der Waals surface area contributed by atoms with Gasteiger partial charge in [-0.15, -0.1) is 0 Å². The first-order valence-corrected chi connectivity index (χ1v) is 7.35. The number of rotatable bonds is 4. The maximum absolute atomic E-state index is 11.8. The minimum atomic E-state index is -0.292. The molecule has 21 heavy (non-hydrogen) atoms. The highest BCUT2D eigenvalue weighted by atomic mass is 35.5. The Kier molecular flexibility index (Phi) is 4.91. The Morgan fingerprint density at radius 3 is 2.52 bits per heavy atom. The number of hydrogen-bond acceptors (Lipinski definition) is 3. The quantitative estimate of drug-likeness (QED) is 0.866. The maximum atomic E-state index is 11.8. The number of anilines is 1. The molecular weight excluding hydrogens is 309 g/mol. The van der Waals surface area contributed by atoms with E-state index in [0.717, 1.165) is 11.4 Å². The third-order valence-corrected chi connectivity index (χ3v) is 4.15. The van der Waals surface area contributed by atoms with Crippen molar-refractivity contribution in [3.63, 3.8) is 0 Å². The largest absolute Gasteiger partial charge is 0.369 e. The van der Waals surface area contributed by atoms with E-state index in [1.807, 2.05) is 36.2 Å². The van der Waals surface area contributed by atoms with Gasteiger partial charge in [0.1, 0.15) is 5.02 Å². The predicted molar refractivity (Wildman–Crippen MR) is 87.5 cm³/mol. The summed E-state index contributed by atoms with van der Waals surface area (Å²) in [5.41, 5.74) is 1.52. The highest BCUT2D eigenvalue weighted by molar-refractivity contribution is 6.33. The smallest absolute Gasteiger partial charge is 0.287 e. The highest BCUT2D eigenvalue weighted by Gasteiger charge is 2.16. The molecule has 2 rings (SSSR count). The van der Waals surface area contributed by atoms with Gasteiger partial charge < -0.3 is 4.90 Å². The minimum Gasteiger partial charge on any atom is -0.369 e. The molecule has 0 radical (unpaired) electrons. The zero-order valence-electron chi connectivity index (χ0n) is 12.2. The summed E-state index contributed by atoms with van der Waals surface area (Å²) >= 11 is 12.0. The first kappa shape index (κ1) is 15.9. The van der Waals surface area contributed by atoms with Crippen molar-refractivity contribution in [1.82, 2.24) is 9.78 Å². The highest BCUT2D eigenvalue weighted by Crippen LogP contribution is 2.23. The summed E-state index contributed by atoms with van der Waals surface area (Å²) in [6.45, 7) is 2.07. The van der Waals surface area contributed by atoms with E-state index < -0.39 is 0 Å². The zero-order chi connectivity index (χ0) is 15.6. The second-order valence-corrected chi connectivity index (χ2v) is 5.88. The van der Waals surface area contributed by atoms with Gasteiger partial charge in [-0.3, -0.25) is 4.79 Å². The average molecular weight is 326 g/mol. The number of likely N-dealkylation sites (N-methyl/N-ethyl adjacent to an activating group) is 1. The molecule has 0 aliphatic rings. The third kappa shape index (κ3) is 3.57. The summed E-state index contributed by atoms with van der Waals surface area (Å²) in [6.07, 6.45) is 2.43. The topological polar surface area (TPSA) is 38.1 Å². The molecule has 1 unspecified atom stereocenters. The van der Waals surface area contributed by atoms with Crippen LogP contribution in [0.4, 0.5) is 5.69 Å². The molecule has 4 nitrogen and oxygen atoms in total. The fourth-order valence-electron chi connectivity index (χ4n) is 2.08. The Balaban J connectivity index is 2.19. The Morgan fingerprint density at radius 1 is 1.29 bits per heavy atom. The van der Waals surface area contributed by atoms with Crippen LogP contribution in [0.25, 0.3) is 0 Å². The van der Waals surface area contributed by atoms with Crippen molar-refractivity contribution in [1.29, 1.82) is 0 Å². The Bertz CT molecular complexity index is 682. The molecule has 0 saturated carbocycles. The van der Waals surface area contributed by atoms with Crippen molar-refractivity contribution in [2.75, 3.05) is 11.9 Å². The lowest BCUT2D eigenvalue weighted by Crippen LogP contribution is -2.33. The molecule has 0 aliphatic carbocycles. The summed E-state index contributed by atoms with van der Waals surface area (Å²) in [6, 6.07) is 7.90. The minimum absolute atomic E-state index is 0.164. The van der Waals surface area contributed by atoms with Gasteiger partial charge in [-0.2, -0.15) is 5.10 Å². The molecular formula is C15H17Cl2N3O. The SMILES string of the molecule is CC(Cc1ccc(Cl)cc1)N(C)c1cnn(C)c(=O)c1Cl. The van der Waals surface area contributed by atoms with Gasteiger partial charge in [0, 0.05) is 25.2 Å². The molecule has 0 saturated heterocycles. The first-order valence-electron chi connectivity index (χ1n) is 6.59. The van der Waals surface area contributed by atoms with Gasteiger partial charge in [-0.25, -0.2) is 4.68 Å². The molecule has 112 valence electrons. The van der Waals surface area contributed by atoms with Crippen molar-refractivity contribution >= 4 is 28.9 Å². The predicted octanol–water partition coefficient (Wildman–Crippen LogP) is 3.15. The van der Waals surface area contributed by atoms with Crippen LogP contribution >= 0.6 is 23.2 Å². The van der Waals surface area contributed by atoms with Gasteiger partial charge in [0.2, 0.25) is 0 Å². The molecule has 0 bridgehead atoms. The van der Waals surface area contributed by atoms with Crippen molar-refractivity contribution in [2.45, 2.75) is 19.4 Å². The van der Waals surface area contributed by atoms with E-state index >= 15 is 0 Å². The lowest BCUT2D eigenvalue weighted by molar-refractivity contribution is 0.664. The van der Waals surface area contributed by atoms with Gasteiger partial charge in [-0.05, 0) is 31.0 Å². The Morgan fingerprint density at radius 2 is 1.90 bits per heavy atom. The number of halogens is 2. The van der Waals surface area contributed by atoms with Crippen LogP contribution in [0.2, 0.25) is 10.0 Å². The number of aromatic nitrogens is 2. The van der Waals surface area contributed by atoms with E-state index in [-0.39, 0.29) is 16.6 Å². The van der Waals surface area contributed by atoms with Gasteiger partial charge in [-0.1, -0.05) is 35.3 Å². The molecule has 1 heterocycles. The fraction of sp³-hybridized carbons (Fsp3) is 0.333. The summed E-state index contributed by atoms with van der Waals surface area (Å²) in [5, 5.41) is 4.94. The number of nitrogens with zero attached hydrogens (tertiary/aromatic N) is 3. The van der Waals surface area contributed by atoms with Crippen LogP contribution in [0.15, 0.2) is 35.3 Å². The van der Waals surface area contributed by atoms with Crippen LogP contribution in [0.5, 0.6) is 0 Å². The van der Waals surface area contributed by atoms with E-state index in [9.17, 15) is 4.79 Å². The van der Waals surface area contributed by atoms with E-state index in [0.29, 0.717) is 5.69 Å². The van der Waals surface area contributed by atoms with Gasteiger partial charge >= 0.3 is 0 Å². The van der Waals surface area contributed by atoms with Gasteiger partial charge in [0.05, 0.1) is 11.9 Å². The van der Waals surface area contributed by atoms with E-state index in [1.165, 1.54) is 10.2 Å². The zero-order valence-corrected chi connectivity index (χ0v) is 13.7. The van der Waals surface area contributed by atoms with Crippen LogP contribution in [0.1, 0.15) is 12.5 Å². The van der Waals surface area contributed by atoms with Crippen LogP contribution < -0.4 is 10.5 Å². The number of hydrogen-bond donors (Lipinski definition) is 0. The van der Waals surface area contributed by atoms with E-state index in [2.05, 4.69) is 12.0 Å². The maximum Gasteiger partial charge on any atom is 0.287 e. The molecule has 2 aromatic rings. The fourth-order valence-corrected chi connectivity index (χ4v) is 2.51. The third-order valence-electron chi connectivity index (χ3n) is 3.55. The molecule has 0 fully saturated rings. The molecule has 0 spiro atoms. The van der Waals surface area contributed by atoms with Crippen molar-refractivity contribution in [3.05, 3.63) is 56.4 Å². The summed E-state index contributed by atoms with van der Waals surface area (Å²) in [4.78, 5) is 13.8. The monoisotopic (exact) mass is 325 g/mol. The van der Waals surface area contributed by atoms with Gasteiger partial charge in [0.15, 0.2) is 0 Å². The lowest BCUT2D eigenvalue weighted by Gasteiger charge is -2.27. The molecule has 0 N–H and O–H groups in total. The van der Waals surface area contributed by atoms with E-state index in [4.69, 9.17) is 23.2 Å². The molecule has 1 atom stereocenters. The van der Waals surface area contributed by atoms with E-state index in [1.54, 1.807) is 13.2 Å². The van der Waals surface area contributed by atoms with Crippen LogP contribution in [0.3, 0.4) is 0 Å². The standard InChI is InChI=1S/C15H17Cl2N3O/c1-10(8-11-4-6-12(16)7-5-11)19(2)13-9-18-20(3)15(21)14(13)17/h4-7,9-10H,8H2,1-3H3. The second-order valence-electron chi connectivity index (χ2n) is 5.06. The second kappa shape index (κ2) is 6.50. The first-order chi connectivity index (χ1) is 9.90. The van der Waals surface area contributed by atoms with Gasteiger partial charge in [0.25, 0.3) is 5.56 Å². The normalized spacial score (nSPS) is 12.2. The summed E-state index contributed by atoms with van der Waals surface area (Å²) in [7, 11) is 3.48. The molecule has 0 amide bonds. The van der Waals surface area contributed by atoms with Crippen molar-refractivity contribution in [3.8, 4) is 0 Å². The van der Waals surface area contributed by atoms with Crippen LogP contribution in [-0.2, 0) is 13.5 Å². The molecule has 0 aliphatic heterocycles. The Hall–Kier alpha value is -1.52. The van der Waals surface area contributed by atoms with Crippen molar-refractivity contribution < 1.29 is 0 Å². The van der Waals surface area contributed by atoms with Crippen molar-refractivity contribution in [2.24, 2.45) is 7.05 Å². The molecule has 1 aromatic heterocycles. The number of aryl methyl sites for hydroxylation is 1. The number of benzene rings is 1. The molecule has 1 aromatic carbocycles.